The zero-order valence-corrected chi connectivity index (χ0v) is 19.4. The minimum Gasteiger partial charge on any atom is -0.489 e. The van der Waals surface area contributed by atoms with Crippen LogP contribution >= 0.6 is 0 Å². The number of hydrogen-bond donors (Lipinski definition) is 1. The molecule has 0 aliphatic carbocycles. The molecule has 4 aromatic rings. The minimum absolute atomic E-state index is 0.189. The summed E-state index contributed by atoms with van der Waals surface area (Å²) >= 11 is 0. The number of aryl methyl sites for hydroxylation is 1. The quantitative estimate of drug-likeness (QED) is 0.365. The van der Waals surface area contributed by atoms with Crippen LogP contribution in [-0.2, 0) is 6.61 Å². The van der Waals surface area contributed by atoms with Gasteiger partial charge in [0.1, 0.15) is 12.4 Å². The number of benzene rings is 3. The zero-order valence-electron chi connectivity index (χ0n) is 19.4. The standard InChI is InChI=1S/C23H20N2O3.2C2H6/c1-16-24-25-23(28-16)22(26)20-11-5-9-18(13-20)19-10-6-12-21(14-19)27-15-17-7-3-2-4-8-17;2*1-2/h2-14,22,26H,15H2,1H3;2*1-2H3. The molecule has 0 fully saturated rings. The van der Waals surface area contributed by atoms with Crippen LogP contribution in [0.2, 0.25) is 0 Å². The van der Waals surface area contributed by atoms with Gasteiger partial charge in [0.25, 0.3) is 0 Å². The smallest absolute Gasteiger partial charge is 0.249 e. The van der Waals surface area contributed by atoms with E-state index in [-0.39, 0.29) is 5.89 Å². The van der Waals surface area contributed by atoms with E-state index in [1.54, 1.807) is 6.92 Å². The Hall–Kier alpha value is -3.44. The summed E-state index contributed by atoms with van der Waals surface area (Å²) in [5.41, 5.74) is 3.78. The fourth-order valence-corrected chi connectivity index (χ4v) is 2.96. The number of hydrogen-bond acceptors (Lipinski definition) is 5. The summed E-state index contributed by atoms with van der Waals surface area (Å²) < 4.78 is 11.3. The van der Waals surface area contributed by atoms with Gasteiger partial charge in [-0.05, 0) is 40.5 Å². The maximum absolute atomic E-state index is 10.5. The molecular formula is C27H32N2O3. The first kappa shape index (κ1) is 24.8. The number of rotatable bonds is 6. The van der Waals surface area contributed by atoms with Crippen LogP contribution in [0.3, 0.4) is 0 Å². The molecule has 0 aliphatic heterocycles. The summed E-state index contributed by atoms with van der Waals surface area (Å²) in [4.78, 5) is 0. The summed E-state index contributed by atoms with van der Waals surface area (Å²) in [5.74, 6) is 1.41. The summed E-state index contributed by atoms with van der Waals surface area (Å²) in [7, 11) is 0. The van der Waals surface area contributed by atoms with Gasteiger partial charge in [-0.3, -0.25) is 0 Å². The Morgan fingerprint density at radius 2 is 1.47 bits per heavy atom. The molecule has 4 rings (SSSR count). The Morgan fingerprint density at radius 3 is 2.12 bits per heavy atom. The van der Waals surface area contributed by atoms with Crippen molar-refractivity contribution in [1.82, 2.24) is 10.2 Å². The summed E-state index contributed by atoms with van der Waals surface area (Å²) in [6.45, 7) is 10.2. The number of ether oxygens (including phenoxy) is 1. The topological polar surface area (TPSA) is 68.4 Å². The van der Waals surface area contributed by atoms with Crippen LogP contribution in [-0.4, -0.2) is 15.3 Å². The van der Waals surface area contributed by atoms with Crippen molar-refractivity contribution in [1.29, 1.82) is 0 Å². The van der Waals surface area contributed by atoms with Crippen LogP contribution in [0.4, 0.5) is 0 Å². The van der Waals surface area contributed by atoms with E-state index < -0.39 is 6.10 Å². The second kappa shape index (κ2) is 13.1. The third-order valence-corrected chi connectivity index (χ3v) is 4.39. The predicted octanol–water partition coefficient (Wildman–Crippen LogP) is 6.76. The maximum atomic E-state index is 10.5. The van der Waals surface area contributed by atoms with Crippen molar-refractivity contribution in [2.45, 2.75) is 47.3 Å². The molecule has 0 spiro atoms. The molecule has 0 aliphatic rings. The highest BCUT2D eigenvalue weighted by Gasteiger charge is 2.17. The number of aromatic nitrogens is 2. The minimum atomic E-state index is -0.960. The zero-order chi connectivity index (χ0) is 23.3. The molecule has 168 valence electrons. The molecule has 1 heterocycles. The summed E-state index contributed by atoms with van der Waals surface area (Å²) in [6, 6.07) is 25.6. The lowest BCUT2D eigenvalue weighted by Crippen LogP contribution is -2.00. The Morgan fingerprint density at radius 1 is 0.812 bits per heavy atom. The molecule has 0 saturated carbocycles. The predicted molar refractivity (Wildman–Crippen MR) is 128 cm³/mol. The summed E-state index contributed by atoms with van der Waals surface area (Å²) in [5, 5.41) is 18.2. The first-order valence-electron chi connectivity index (χ1n) is 11.0. The van der Waals surface area contributed by atoms with Crippen LogP contribution in [0.5, 0.6) is 5.75 Å². The fraction of sp³-hybridized carbons (Fsp3) is 0.259. The van der Waals surface area contributed by atoms with Gasteiger partial charge < -0.3 is 14.3 Å². The van der Waals surface area contributed by atoms with E-state index in [1.165, 1.54) is 0 Å². The molecule has 5 heteroatoms. The second-order valence-corrected chi connectivity index (χ2v) is 6.49. The number of nitrogens with zero attached hydrogens (tertiary/aromatic N) is 2. The third kappa shape index (κ3) is 6.79. The van der Waals surface area contributed by atoms with Crippen molar-refractivity contribution in [2.75, 3.05) is 0 Å². The van der Waals surface area contributed by atoms with Gasteiger partial charge in [-0.25, -0.2) is 0 Å². The lowest BCUT2D eigenvalue weighted by Gasteiger charge is -2.11. The van der Waals surface area contributed by atoms with Gasteiger partial charge in [-0.2, -0.15) is 0 Å². The van der Waals surface area contributed by atoms with Crippen molar-refractivity contribution in [3.8, 4) is 16.9 Å². The molecule has 0 bridgehead atoms. The van der Waals surface area contributed by atoms with Crippen molar-refractivity contribution >= 4 is 0 Å². The monoisotopic (exact) mass is 432 g/mol. The first-order chi connectivity index (χ1) is 15.7. The molecule has 1 unspecified atom stereocenters. The van der Waals surface area contributed by atoms with Crippen molar-refractivity contribution in [2.24, 2.45) is 0 Å². The fourth-order valence-electron chi connectivity index (χ4n) is 2.96. The van der Waals surface area contributed by atoms with E-state index in [0.717, 1.165) is 22.4 Å². The highest BCUT2D eigenvalue weighted by Crippen LogP contribution is 2.28. The van der Waals surface area contributed by atoms with Gasteiger partial charge in [0.05, 0.1) is 0 Å². The van der Waals surface area contributed by atoms with Crippen LogP contribution in [0, 0.1) is 6.92 Å². The van der Waals surface area contributed by atoms with Gasteiger partial charge in [0, 0.05) is 6.92 Å². The number of aliphatic hydroxyl groups is 1. The van der Waals surface area contributed by atoms with E-state index in [2.05, 4.69) is 10.2 Å². The highest BCUT2D eigenvalue weighted by molar-refractivity contribution is 5.66. The van der Waals surface area contributed by atoms with Crippen molar-refractivity contribution < 1.29 is 14.3 Å². The SMILES string of the molecule is CC.CC.Cc1nnc(C(O)c2cccc(-c3cccc(OCc4ccccc4)c3)c2)o1. The van der Waals surface area contributed by atoms with E-state index >= 15 is 0 Å². The first-order valence-corrected chi connectivity index (χ1v) is 11.0. The molecule has 32 heavy (non-hydrogen) atoms. The third-order valence-electron chi connectivity index (χ3n) is 4.39. The molecular weight excluding hydrogens is 400 g/mol. The Bertz CT molecular complexity index is 1060. The Balaban J connectivity index is 0.000000860. The second-order valence-electron chi connectivity index (χ2n) is 6.49. The molecule has 1 N–H and O–H groups in total. The Kier molecular flexibility index (Phi) is 10.1. The maximum Gasteiger partial charge on any atom is 0.249 e. The average Bonchev–Trinajstić information content (AvgIpc) is 3.32. The van der Waals surface area contributed by atoms with Gasteiger partial charge in [-0.15, -0.1) is 10.2 Å². The van der Waals surface area contributed by atoms with Gasteiger partial charge in [0.2, 0.25) is 11.8 Å². The molecule has 0 saturated heterocycles. The number of aliphatic hydroxyl groups excluding tert-OH is 1. The van der Waals surface area contributed by atoms with E-state index in [1.807, 2.05) is 107 Å². The van der Waals surface area contributed by atoms with E-state index in [0.29, 0.717) is 18.1 Å². The van der Waals surface area contributed by atoms with Crippen LogP contribution < -0.4 is 4.74 Å². The largest absolute Gasteiger partial charge is 0.489 e. The van der Waals surface area contributed by atoms with Crippen LogP contribution in [0.15, 0.2) is 83.3 Å². The van der Waals surface area contributed by atoms with E-state index in [4.69, 9.17) is 9.15 Å². The normalized spacial score (nSPS) is 10.8. The average molecular weight is 433 g/mol. The molecule has 0 radical (unpaired) electrons. The molecule has 5 nitrogen and oxygen atoms in total. The van der Waals surface area contributed by atoms with Gasteiger partial charge in [0.15, 0.2) is 6.10 Å². The van der Waals surface area contributed by atoms with Gasteiger partial charge in [-0.1, -0.05) is 88.4 Å². The highest BCUT2D eigenvalue weighted by atomic mass is 16.5. The molecule has 3 aromatic carbocycles. The molecule has 0 amide bonds. The van der Waals surface area contributed by atoms with Crippen molar-refractivity contribution in [3.05, 3.63) is 102 Å². The Labute approximate surface area is 190 Å². The van der Waals surface area contributed by atoms with Crippen LogP contribution in [0.1, 0.15) is 56.7 Å². The molecule has 1 atom stereocenters. The van der Waals surface area contributed by atoms with E-state index in [9.17, 15) is 5.11 Å². The van der Waals surface area contributed by atoms with Crippen LogP contribution in [0.25, 0.3) is 11.1 Å². The van der Waals surface area contributed by atoms with Crippen molar-refractivity contribution in [3.63, 3.8) is 0 Å². The molecule has 1 aromatic heterocycles. The lowest BCUT2D eigenvalue weighted by molar-refractivity contribution is 0.181. The van der Waals surface area contributed by atoms with Gasteiger partial charge >= 0.3 is 0 Å². The summed E-state index contributed by atoms with van der Waals surface area (Å²) in [6.07, 6.45) is -0.960. The lowest BCUT2D eigenvalue weighted by atomic mass is 10.0.